The Labute approximate surface area is 220 Å². The van der Waals surface area contributed by atoms with E-state index < -0.39 is 0 Å². The fourth-order valence-corrected chi connectivity index (χ4v) is 6.22. The summed E-state index contributed by atoms with van der Waals surface area (Å²) >= 11 is 0. The Balaban J connectivity index is 1.82. The minimum atomic E-state index is 0.402. The number of imidazole rings is 1. The minimum absolute atomic E-state index is 0.402. The zero-order valence-electron chi connectivity index (χ0n) is 23.1. The van der Waals surface area contributed by atoms with Crippen molar-refractivity contribution in [3.8, 4) is 28.2 Å². The monoisotopic (exact) mass is 486 g/mol. The van der Waals surface area contributed by atoms with Gasteiger partial charge in [0.15, 0.2) is 11.0 Å². The van der Waals surface area contributed by atoms with E-state index >= 15 is 0 Å². The highest BCUT2D eigenvalue weighted by Gasteiger charge is 2.35. The first kappa shape index (κ1) is 23.7. The lowest BCUT2D eigenvalue weighted by Gasteiger charge is -2.19. The molecule has 186 valence electrons. The lowest BCUT2D eigenvalue weighted by molar-refractivity contribution is -0.557. The average Bonchev–Trinajstić information content (AvgIpc) is 3.38. The van der Waals surface area contributed by atoms with Crippen LogP contribution in [0.4, 0.5) is 0 Å². The molecule has 1 aliphatic carbocycles. The van der Waals surface area contributed by atoms with Crippen LogP contribution < -0.4 is 4.57 Å². The van der Waals surface area contributed by atoms with Crippen molar-refractivity contribution in [2.45, 2.75) is 59.8 Å². The van der Waals surface area contributed by atoms with E-state index in [0.717, 1.165) is 12.1 Å². The summed E-state index contributed by atoms with van der Waals surface area (Å²) in [5.74, 6) is 2.04. The number of fused-ring (bicyclic) bond motifs is 5. The van der Waals surface area contributed by atoms with Crippen molar-refractivity contribution in [3.05, 3.63) is 100 Å². The number of aryl methyl sites for hydroxylation is 3. The summed E-state index contributed by atoms with van der Waals surface area (Å²) in [6.45, 7) is 13.6. The van der Waals surface area contributed by atoms with Gasteiger partial charge in [0.1, 0.15) is 5.69 Å². The number of aromatic nitrogens is 3. The number of para-hydroxylation sites is 1. The smallest absolute Gasteiger partial charge is 0.257 e. The van der Waals surface area contributed by atoms with Crippen molar-refractivity contribution in [3.63, 3.8) is 0 Å². The summed E-state index contributed by atoms with van der Waals surface area (Å²) in [5.41, 5.74) is 15.5. The van der Waals surface area contributed by atoms with E-state index in [1.54, 1.807) is 0 Å². The first-order valence-electron chi connectivity index (χ1n) is 13.5. The minimum Gasteiger partial charge on any atom is -0.257 e. The van der Waals surface area contributed by atoms with E-state index in [4.69, 9.17) is 4.98 Å². The molecule has 2 aromatic heterocycles. The molecule has 3 aromatic carbocycles. The molecule has 0 aliphatic heterocycles. The summed E-state index contributed by atoms with van der Waals surface area (Å²) in [6.07, 6.45) is 0.863. The van der Waals surface area contributed by atoms with E-state index in [2.05, 4.69) is 124 Å². The first-order chi connectivity index (χ1) is 17.8. The van der Waals surface area contributed by atoms with Gasteiger partial charge >= 0.3 is 0 Å². The van der Waals surface area contributed by atoms with Crippen LogP contribution in [-0.4, -0.2) is 9.55 Å². The Morgan fingerprint density at radius 2 is 1.43 bits per heavy atom. The topological polar surface area (TPSA) is 21.7 Å². The first-order valence-corrected chi connectivity index (χ1v) is 13.5. The van der Waals surface area contributed by atoms with Crippen LogP contribution in [-0.2, 0) is 13.5 Å². The summed E-state index contributed by atoms with van der Waals surface area (Å²) in [6, 6.07) is 24.7. The highest BCUT2D eigenvalue weighted by Crippen LogP contribution is 2.41. The maximum Gasteiger partial charge on any atom is 0.295 e. The number of nitrogens with zero attached hydrogens (tertiary/aromatic N) is 3. The second kappa shape index (κ2) is 8.69. The molecule has 0 saturated carbocycles. The molecule has 1 aliphatic rings. The zero-order chi connectivity index (χ0) is 26.0. The van der Waals surface area contributed by atoms with Gasteiger partial charge in [-0.15, -0.1) is 0 Å². The maximum atomic E-state index is 4.95. The van der Waals surface area contributed by atoms with Gasteiger partial charge < -0.3 is 0 Å². The van der Waals surface area contributed by atoms with Gasteiger partial charge in [0, 0.05) is 34.4 Å². The van der Waals surface area contributed by atoms with Gasteiger partial charge in [0.2, 0.25) is 0 Å². The Morgan fingerprint density at radius 1 is 0.757 bits per heavy atom. The predicted octanol–water partition coefficient (Wildman–Crippen LogP) is 7.95. The van der Waals surface area contributed by atoms with Crippen molar-refractivity contribution in [1.82, 2.24) is 9.55 Å². The largest absolute Gasteiger partial charge is 0.295 e. The third-order valence-electron chi connectivity index (χ3n) is 8.08. The maximum absolute atomic E-state index is 4.95. The van der Waals surface area contributed by atoms with Crippen LogP contribution in [0.3, 0.4) is 0 Å². The van der Waals surface area contributed by atoms with E-state index in [0.29, 0.717) is 11.8 Å². The van der Waals surface area contributed by atoms with Crippen molar-refractivity contribution in [2.75, 3.05) is 0 Å². The lowest BCUT2D eigenvalue weighted by atomic mass is 9.92. The number of benzene rings is 3. The Morgan fingerprint density at radius 3 is 2.11 bits per heavy atom. The Hall–Kier alpha value is -3.72. The Bertz CT molecular complexity index is 1660. The normalized spacial score (nSPS) is 12.6. The molecule has 0 unspecified atom stereocenters. The molecular weight excluding hydrogens is 450 g/mol. The molecular formula is C34H36N3+. The van der Waals surface area contributed by atoms with Crippen LogP contribution >= 0.6 is 0 Å². The molecule has 2 heterocycles. The fraction of sp³-hybridized carbons (Fsp3) is 0.294. The second-order valence-corrected chi connectivity index (χ2v) is 11.2. The SMILES string of the molecule is Cc1ccc2c(n1)Cc1c-2ccc2c1[n+](-c1c(C(C)C)cccc1C(C)C)c(-c1ccccc1C)n2C. The average molecular weight is 487 g/mol. The van der Waals surface area contributed by atoms with E-state index in [1.165, 1.54) is 67.2 Å². The molecule has 0 atom stereocenters. The van der Waals surface area contributed by atoms with E-state index in [-0.39, 0.29) is 0 Å². The molecule has 5 aromatic rings. The molecule has 0 saturated heterocycles. The molecule has 37 heavy (non-hydrogen) atoms. The van der Waals surface area contributed by atoms with Crippen molar-refractivity contribution in [2.24, 2.45) is 7.05 Å². The third kappa shape index (κ3) is 3.55. The van der Waals surface area contributed by atoms with Gasteiger partial charge in [-0.2, -0.15) is 4.57 Å². The summed E-state index contributed by atoms with van der Waals surface area (Å²) in [7, 11) is 2.23. The van der Waals surface area contributed by atoms with E-state index in [9.17, 15) is 0 Å². The van der Waals surface area contributed by atoms with Gasteiger partial charge in [0.05, 0.1) is 18.3 Å². The van der Waals surface area contributed by atoms with Gasteiger partial charge in [-0.25, -0.2) is 4.57 Å². The van der Waals surface area contributed by atoms with Crippen LogP contribution in [0.1, 0.15) is 73.2 Å². The molecule has 0 bridgehead atoms. The second-order valence-electron chi connectivity index (χ2n) is 11.2. The van der Waals surface area contributed by atoms with Gasteiger partial charge in [0.25, 0.3) is 5.82 Å². The molecule has 0 fully saturated rings. The van der Waals surface area contributed by atoms with Gasteiger partial charge in [-0.3, -0.25) is 4.98 Å². The van der Waals surface area contributed by atoms with Crippen LogP contribution in [0.5, 0.6) is 0 Å². The summed E-state index contributed by atoms with van der Waals surface area (Å²) < 4.78 is 5.00. The molecule has 6 rings (SSSR count). The predicted molar refractivity (Wildman–Crippen MR) is 154 cm³/mol. The molecule has 3 heteroatoms. The highest BCUT2D eigenvalue weighted by atomic mass is 15.2. The number of rotatable bonds is 4. The Kier molecular flexibility index (Phi) is 5.56. The quantitative estimate of drug-likeness (QED) is 0.232. The fourth-order valence-electron chi connectivity index (χ4n) is 6.22. The number of pyridine rings is 1. The molecule has 3 nitrogen and oxygen atoms in total. The van der Waals surface area contributed by atoms with Crippen molar-refractivity contribution < 1.29 is 4.57 Å². The molecule has 0 spiro atoms. The highest BCUT2D eigenvalue weighted by molar-refractivity contribution is 5.91. The molecule has 0 radical (unpaired) electrons. The lowest BCUT2D eigenvalue weighted by Crippen LogP contribution is -2.37. The molecule has 0 N–H and O–H groups in total. The summed E-state index contributed by atoms with van der Waals surface area (Å²) in [5, 5.41) is 0. The molecule has 0 amide bonds. The zero-order valence-corrected chi connectivity index (χ0v) is 23.1. The van der Waals surface area contributed by atoms with Crippen LogP contribution in [0, 0.1) is 13.8 Å². The number of hydrogen-bond donors (Lipinski definition) is 0. The number of hydrogen-bond acceptors (Lipinski definition) is 1. The van der Waals surface area contributed by atoms with Crippen LogP contribution in [0.2, 0.25) is 0 Å². The van der Waals surface area contributed by atoms with Gasteiger partial charge in [-0.05, 0) is 61.1 Å². The standard InChI is InChI=1S/C34H36N3/c1-20(2)24-13-10-14-25(21(3)4)32(24)37-33-29-19-30-28(16-15-23(6)35-30)27(29)17-18-31(33)36(7)34(37)26-12-9-8-11-22(26)5/h8-18,20-21H,19H2,1-7H3/q+1. The third-order valence-corrected chi connectivity index (χ3v) is 8.08. The van der Waals surface area contributed by atoms with E-state index in [1.807, 2.05) is 0 Å². The van der Waals surface area contributed by atoms with Crippen LogP contribution in [0.15, 0.2) is 66.7 Å². The van der Waals surface area contributed by atoms with Crippen molar-refractivity contribution in [1.29, 1.82) is 0 Å². The van der Waals surface area contributed by atoms with Crippen LogP contribution in [0.25, 0.3) is 39.2 Å². The van der Waals surface area contributed by atoms with Crippen molar-refractivity contribution >= 4 is 11.0 Å². The van der Waals surface area contributed by atoms with Gasteiger partial charge in [-0.1, -0.05) is 70.2 Å². The summed E-state index contributed by atoms with van der Waals surface area (Å²) in [4.78, 5) is 4.95.